The van der Waals surface area contributed by atoms with E-state index in [0.29, 0.717) is 0 Å². The first kappa shape index (κ1) is 17.6. The molecule has 0 aromatic heterocycles. The third-order valence-electron chi connectivity index (χ3n) is 3.06. The topological polar surface area (TPSA) is 77.9 Å². The van der Waals surface area contributed by atoms with Crippen molar-refractivity contribution in [2.75, 3.05) is 17.4 Å². The van der Waals surface area contributed by atoms with E-state index in [0.717, 1.165) is 16.4 Å². The average Bonchev–Trinajstić information content (AvgIpc) is 2.86. The Bertz CT molecular complexity index is 718. The number of hydrogen-bond donors (Lipinski definition) is 1. The smallest absolute Gasteiger partial charge is 0.426 e. The third-order valence-corrected chi connectivity index (χ3v) is 6.61. The van der Waals surface area contributed by atoms with Crippen LogP contribution in [0.4, 0.5) is 19.3 Å². The molecule has 1 aromatic rings. The van der Waals surface area contributed by atoms with E-state index in [4.69, 9.17) is 11.6 Å². The van der Waals surface area contributed by atoms with Gasteiger partial charge >= 0.3 is 16.3 Å². The summed E-state index contributed by atoms with van der Waals surface area (Å²) in [6.45, 7) is -0.564. The fourth-order valence-corrected chi connectivity index (χ4v) is 4.27. The minimum atomic E-state index is -4.52. The maximum atomic E-state index is 13.4. The summed E-state index contributed by atoms with van der Waals surface area (Å²) in [5.41, 5.74) is -0.401. The molecule has 122 valence electrons. The van der Waals surface area contributed by atoms with Crippen LogP contribution in [0.25, 0.3) is 0 Å². The SMILES string of the molecule is O=C(O)N(c1ccc(F)c(I)c1Cl)S(=O)(=O)N1CC[C@@H](F)C1. The van der Waals surface area contributed by atoms with Crippen LogP contribution in [-0.4, -0.2) is 43.2 Å². The zero-order valence-electron chi connectivity index (χ0n) is 10.8. The minimum absolute atomic E-state index is 0.0125. The van der Waals surface area contributed by atoms with Crippen molar-refractivity contribution in [3.63, 3.8) is 0 Å². The Morgan fingerprint density at radius 1 is 1.50 bits per heavy atom. The molecule has 22 heavy (non-hydrogen) atoms. The van der Waals surface area contributed by atoms with Crippen LogP contribution in [0.2, 0.25) is 5.02 Å². The van der Waals surface area contributed by atoms with Crippen molar-refractivity contribution in [3.8, 4) is 0 Å². The van der Waals surface area contributed by atoms with E-state index in [1.807, 2.05) is 0 Å². The fraction of sp³-hybridized carbons (Fsp3) is 0.364. The summed E-state index contributed by atoms with van der Waals surface area (Å²) < 4.78 is 52.1. The van der Waals surface area contributed by atoms with Gasteiger partial charge in [0, 0.05) is 13.1 Å². The lowest BCUT2D eigenvalue weighted by molar-refractivity contribution is 0.205. The van der Waals surface area contributed by atoms with E-state index in [9.17, 15) is 27.1 Å². The van der Waals surface area contributed by atoms with Gasteiger partial charge in [-0.3, -0.25) is 0 Å². The lowest BCUT2D eigenvalue weighted by Gasteiger charge is -2.25. The molecule has 1 N–H and O–H groups in total. The fourth-order valence-electron chi connectivity index (χ4n) is 2.01. The van der Waals surface area contributed by atoms with Gasteiger partial charge in [0.05, 0.1) is 14.3 Å². The summed E-state index contributed by atoms with van der Waals surface area (Å²) in [6.07, 6.45) is -3.18. The van der Waals surface area contributed by atoms with Crippen LogP contribution in [-0.2, 0) is 10.2 Å². The van der Waals surface area contributed by atoms with Crippen molar-refractivity contribution < 1.29 is 27.1 Å². The van der Waals surface area contributed by atoms with Crippen molar-refractivity contribution in [2.24, 2.45) is 0 Å². The van der Waals surface area contributed by atoms with Crippen LogP contribution in [0.5, 0.6) is 0 Å². The molecule has 0 spiro atoms. The van der Waals surface area contributed by atoms with Gasteiger partial charge in [0.2, 0.25) is 0 Å². The molecular formula is C11H10ClF2IN2O4S. The number of carboxylic acid groups (broad SMARTS) is 1. The highest BCUT2D eigenvalue weighted by Crippen LogP contribution is 2.35. The summed E-state index contributed by atoms with van der Waals surface area (Å²) in [4.78, 5) is 11.4. The summed E-state index contributed by atoms with van der Waals surface area (Å²) in [6, 6.07) is 1.87. The lowest BCUT2D eigenvalue weighted by atomic mass is 10.3. The van der Waals surface area contributed by atoms with Crippen LogP contribution in [0.3, 0.4) is 0 Å². The third kappa shape index (κ3) is 3.14. The zero-order chi connectivity index (χ0) is 16.7. The van der Waals surface area contributed by atoms with E-state index >= 15 is 0 Å². The van der Waals surface area contributed by atoms with Gasteiger partial charge in [-0.05, 0) is 41.1 Å². The molecule has 2 rings (SSSR count). The molecule has 0 saturated carbocycles. The zero-order valence-corrected chi connectivity index (χ0v) is 14.6. The van der Waals surface area contributed by atoms with Gasteiger partial charge in [0.25, 0.3) is 0 Å². The second-order valence-corrected chi connectivity index (χ2v) is 7.73. The van der Waals surface area contributed by atoms with Gasteiger partial charge in [-0.1, -0.05) is 11.6 Å². The van der Waals surface area contributed by atoms with Crippen molar-refractivity contribution in [3.05, 3.63) is 26.5 Å². The molecule has 1 aliphatic heterocycles. The lowest BCUT2D eigenvalue weighted by Crippen LogP contribution is -2.46. The molecule has 1 aromatic carbocycles. The van der Waals surface area contributed by atoms with Crippen molar-refractivity contribution in [1.29, 1.82) is 0 Å². The number of halogens is 4. The number of amides is 1. The highest BCUT2D eigenvalue weighted by molar-refractivity contribution is 14.1. The monoisotopic (exact) mass is 466 g/mol. The van der Waals surface area contributed by atoms with E-state index in [2.05, 4.69) is 0 Å². The van der Waals surface area contributed by atoms with Crippen molar-refractivity contribution in [1.82, 2.24) is 4.31 Å². The van der Waals surface area contributed by atoms with Gasteiger partial charge in [0.15, 0.2) is 0 Å². The molecule has 0 radical (unpaired) electrons. The van der Waals surface area contributed by atoms with Gasteiger partial charge in [-0.15, -0.1) is 0 Å². The van der Waals surface area contributed by atoms with Gasteiger partial charge < -0.3 is 5.11 Å². The highest BCUT2D eigenvalue weighted by Gasteiger charge is 2.40. The van der Waals surface area contributed by atoms with E-state index in [1.165, 1.54) is 22.6 Å². The molecule has 0 bridgehead atoms. The first-order valence-electron chi connectivity index (χ1n) is 5.97. The molecule has 0 unspecified atom stereocenters. The number of benzene rings is 1. The molecule has 1 saturated heterocycles. The molecule has 0 aliphatic carbocycles. The van der Waals surface area contributed by atoms with Crippen molar-refractivity contribution in [2.45, 2.75) is 12.6 Å². The normalized spacial score (nSPS) is 19.4. The summed E-state index contributed by atoms with van der Waals surface area (Å²) in [5, 5.41) is 8.90. The van der Waals surface area contributed by atoms with Gasteiger partial charge in [-0.2, -0.15) is 17.0 Å². The predicted octanol–water partition coefficient (Wildman–Crippen LogP) is 2.86. The molecule has 1 atom stereocenters. The Hall–Kier alpha value is -0.720. The first-order chi connectivity index (χ1) is 10.2. The summed E-state index contributed by atoms with van der Waals surface area (Å²) in [7, 11) is -4.52. The Kier molecular flexibility index (Phi) is 5.14. The number of hydrogen-bond acceptors (Lipinski definition) is 3. The summed E-state index contributed by atoms with van der Waals surface area (Å²) in [5.74, 6) is -0.706. The maximum Gasteiger partial charge on any atom is 0.426 e. The molecule has 6 nitrogen and oxygen atoms in total. The molecule has 11 heteroatoms. The Balaban J connectivity index is 2.52. The number of carbonyl (C=O) groups is 1. The number of alkyl halides is 1. The second kappa shape index (κ2) is 6.42. The summed E-state index contributed by atoms with van der Waals surface area (Å²) >= 11 is 7.41. The van der Waals surface area contributed by atoms with Crippen LogP contribution < -0.4 is 4.31 Å². The van der Waals surface area contributed by atoms with Crippen LogP contribution >= 0.6 is 34.2 Å². The van der Waals surface area contributed by atoms with Crippen LogP contribution in [0.15, 0.2) is 12.1 Å². The van der Waals surface area contributed by atoms with Gasteiger partial charge in [-0.25, -0.2) is 13.6 Å². The maximum absolute atomic E-state index is 13.4. The molecule has 1 aliphatic rings. The van der Waals surface area contributed by atoms with Crippen molar-refractivity contribution >= 4 is 56.2 Å². The second-order valence-electron chi connectivity index (χ2n) is 4.49. The minimum Gasteiger partial charge on any atom is -0.464 e. The first-order valence-corrected chi connectivity index (χ1v) is 8.82. The Morgan fingerprint density at radius 2 is 2.14 bits per heavy atom. The predicted molar refractivity (Wildman–Crippen MR) is 84.6 cm³/mol. The Morgan fingerprint density at radius 3 is 2.64 bits per heavy atom. The standard InChI is InChI=1S/C11H10ClF2IN2O4S/c12-9-8(2-1-7(14)10(9)15)17(11(18)19)22(20,21)16-4-3-6(13)5-16/h1-2,6H,3-5H2,(H,18,19)/t6-/m1/s1. The molecule has 1 amide bonds. The number of rotatable bonds is 3. The highest BCUT2D eigenvalue weighted by atomic mass is 127. The van der Waals surface area contributed by atoms with Crippen LogP contribution in [0, 0.1) is 9.39 Å². The number of nitrogens with zero attached hydrogens (tertiary/aromatic N) is 2. The van der Waals surface area contributed by atoms with E-state index < -0.39 is 40.5 Å². The average molecular weight is 467 g/mol. The van der Waals surface area contributed by atoms with Gasteiger partial charge in [0.1, 0.15) is 12.0 Å². The number of anilines is 1. The molecular weight excluding hydrogens is 457 g/mol. The van der Waals surface area contributed by atoms with Crippen LogP contribution in [0.1, 0.15) is 6.42 Å². The largest absolute Gasteiger partial charge is 0.464 e. The molecule has 1 heterocycles. The van der Waals surface area contributed by atoms with E-state index in [-0.39, 0.29) is 25.9 Å². The quantitative estimate of drug-likeness (QED) is 0.549. The Labute approximate surface area is 144 Å². The van der Waals surface area contributed by atoms with E-state index in [1.54, 1.807) is 0 Å². The molecule has 1 fully saturated rings.